The Morgan fingerprint density at radius 1 is 1.12 bits per heavy atom. The molecule has 2 heterocycles. The molecule has 1 amide bonds. The van der Waals surface area contributed by atoms with Crippen LogP contribution in [0.15, 0.2) is 39.9 Å². The third-order valence-electron chi connectivity index (χ3n) is 3.74. The summed E-state index contributed by atoms with van der Waals surface area (Å²) in [6, 6.07) is 9.22. The van der Waals surface area contributed by atoms with Crippen molar-refractivity contribution in [2.45, 2.75) is 20.3 Å². The van der Waals surface area contributed by atoms with Crippen molar-refractivity contribution < 1.29 is 4.79 Å². The van der Waals surface area contributed by atoms with Crippen LogP contribution >= 0.6 is 0 Å². The van der Waals surface area contributed by atoms with Crippen molar-refractivity contribution >= 4 is 22.5 Å². The number of amides is 1. The summed E-state index contributed by atoms with van der Waals surface area (Å²) >= 11 is 0. The molecular formula is C17H16N4O3. The summed E-state index contributed by atoms with van der Waals surface area (Å²) in [5.74, 6) is -0.344. The Balaban J connectivity index is 1.89. The van der Waals surface area contributed by atoms with E-state index in [1.54, 1.807) is 13.0 Å². The van der Waals surface area contributed by atoms with Crippen LogP contribution in [-0.4, -0.2) is 20.9 Å². The van der Waals surface area contributed by atoms with Gasteiger partial charge in [-0.25, -0.2) is 4.79 Å². The first-order chi connectivity index (χ1) is 11.4. The predicted octanol–water partition coefficient (Wildman–Crippen LogP) is 1.41. The van der Waals surface area contributed by atoms with Crippen molar-refractivity contribution in [3.8, 4) is 0 Å². The number of fused-ring (bicyclic) bond motifs is 1. The number of rotatable bonds is 3. The van der Waals surface area contributed by atoms with E-state index in [2.05, 4.69) is 20.3 Å². The number of carbonyl (C=O) groups is 1. The van der Waals surface area contributed by atoms with Crippen LogP contribution < -0.4 is 16.6 Å². The van der Waals surface area contributed by atoms with E-state index in [4.69, 9.17) is 0 Å². The summed E-state index contributed by atoms with van der Waals surface area (Å²) < 4.78 is 0. The van der Waals surface area contributed by atoms with Gasteiger partial charge in [0.2, 0.25) is 5.91 Å². The first kappa shape index (κ1) is 15.7. The zero-order valence-corrected chi connectivity index (χ0v) is 13.3. The summed E-state index contributed by atoms with van der Waals surface area (Å²) in [5.41, 5.74) is 1.78. The van der Waals surface area contributed by atoms with Gasteiger partial charge in [0.1, 0.15) is 0 Å². The first-order valence-corrected chi connectivity index (χ1v) is 7.42. The third kappa shape index (κ3) is 3.10. The van der Waals surface area contributed by atoms with E-state index in [0.717, 1.165) is 16.6 Å². The standard InChI is InChI=1S/C17H16N4O3/c1-9-6-7-11-13(18-9)4-3-5-14(11)20-15(22)8-12-10(2)19-17(24)21-16(12)23/h3-7H,8H2,1-2H3,(H,20,22)(H2,19,21,23,24). The number of anilines is 1. The summed E-state index contributed by atoms with van der Waals surface area (Å²) in [7, 11) is 0. The Hall–Kier alpha value is -3.22. The summed E-state index contributed by atoms with van der Waals surface area (Å²) in [4.78, 5) is 44.4. The maximum atomic E-state index is 12.3. The van der Waals surface area contributed by atoms with Gasteiger partial charge < -0.3 is 10.3 Å². The average Bonchev–Trinajstić information content (AvgIpc) is 2.50. The molecule has 0 aliphatic rings. The van der Waals surface area contributed by atoms with Gasteiger partial charge >= 0.3 is 5.69 Å². The lowest BCUT2D eigenvalue weighted by Gasteiger charge is -2.09. The highest BCUT2D eigenvalue weighted by atomic mass is 16.2. The van der Waals surface area contributed by atoms with Crippen LogP contribution in [0.2, 0.25) is 0 Å². The summed E-state index contributed by atoms with van der Waals surface area (Å²) in [6.07, 6.45) is -0.131. The monoisotopic (exact) mass is 324 g/mol. The Morgan fingerprint density at radius 2 is 1.92 bits per heavy atom. The molecule has 0 spiro atoms. The predicted molar refractivity (Wildman–Crippen MR) is 91.2 cm³/mol. The van der Waals surface area contributed by atoms with Gasteiger partial charge in [-0.05, 0) is 38.1 Å². The number of nitrogens with zero attached hydrogens (tertiary/aromatic N) is 1. The van der Waals surface area contributed by atoms with Crippen LogP contribution in [-0.2, 0) is 11.2 Å². The van der Waals surface area contributed by atoms with Gasteiger partial charge in [0.05, 0.1) is 17.6 Å². The molecule has 3 aromatic rings. The van der Waals surface area contributed by atoms with E-state index < -0.39 is 11.2 Å². The fourth-order valence-electron chi connectivity index (χ4n) is 2.56. The van der Waals surface area contributed by atoms with Gasteiger partial charge in [0.25, 0.3) is 5.56 Å². The van der Waals surface area contributed by atoms with Crippen LogP contribution in [0.5, 0.6) is 0 Å². The SMILES string of the molecule is Cc1ccc2c(NC(=O)Cc3c(C)[nH]c(=O)[nH]c3=O)cccc2n1. The lowest BCUT2D eigenvalue weighted by Crippen LogP contribution is -2.29. The Kier molecular flexibility index (Phi) is 3.99. The minimum atomic E-state index is -0.586. The normalized spacial score (nSPS) is 10.8. The van der Waals surface area contributed by atoms with Crippen molar-refractivity contribution in [2.75, 3.05) is 5.32 Å². The van der Waals surface area contributed by atoms with Crippen LogP contribution in [0.1, 0.15) is 17.0 Å². The molecule has 0 radical (unpaired) electrons. The minimum Gasteiger partial charge on any atom is -0.325 e. The minimum absolute atomic E-state index is 0.131. The largest absolute Gasteiger partial charge is 0.325 e. The Labute approximate surface area is 136 Å². The van der Waals surface area contributed by atoms with Gasteiger partial charge in [-0.3, -0.25) is 19.6 Å². The second-order valence-corrected chi connectivity index (χ2v) is 5.56. The number of aromatic nitrogens is 3. The quantitative estimate of drug-likeness (QED) is 0.677. The number of pyridine rings is 1. The Morgan fingerprint density at radius 3 is 2.67 bits per heavy atom. The second-order valence-electron chi connectivity index (χ2n) is 5.56. The van der Waals surface area contributed by atoms with Crippen molar-refractivity contribution in [1.29, 1.82) is 0 Å². The number of hydrogen-bond donors (Lipinski definition) is 3. The number of aromatic amines is 2. The number of H-pyrrole nitrogens is 2. The van der Waals surface area contributed by atoms with E-state index in [-0.39, 0.29) is 17.9 Å². The molecule has 0 saturated heterocycles. The highest BCUT2D eigenvalue weighted by Crippen LogP contribution is 2.22. The van der Waals surface area contributed by atoms with E-state index in [0.29, 0.717) is 11.4 Å². The number of carbonyl (C=O) groups excluding carboxylic acids is 1. The van der Waals surface area contributed by atoms with E-state index in [9.17, 15) is 14.4 Å². The van der Waals surface area contributed by atoms with Crippen LogP contribution in [0.4, 0.5) is 5.69 Å². The second kappa shape index (κ2) is 6.11. The summed E-state index contributed by atoms with van der Waals surface area (Å²) in [6.45, 7) is 3.49. The third-order valence-corrected chi connectivity index (χ3v) is 3.74. The molecule has 3 rings (SSSR count). The molecule has 1 aromatic carbocycles. The smallest absolute Gasteiger partial charge is 0.325 e. The number of nitrogens with one attached hydrogen (secondary N) is 3. The number of hydrogen-bond acceptors (Lipinski definition) is 4. The molecule has 7 nitrogen and oxygen atoms in total. The Bertz CT molecular complexity index is 1050. The highest BCUT2D eigenvalue weighted by molar-refractivity contribution is 6.01. The molecule has 0 atom stereocenters. The zero-order valence-electron chi connectivity index (χ0n) is 13.3. The average molecular weight is 324 g/mol. The molecular weight excluding hydrogens is 308 g/mol. The lowest BCUT2D eigenvalue weighted by atomic mass is 10.1. The van der Waals surface area contributed by atoms with Crippen LogP contribution in [0.25, 0.3) is 10.9 Å². The topological polar surface area (TPSA) is 108 Å². The van der Waals surface area contributed by atoms with Crippen LogP contribution in [0.3, 0.4) is 0 Å². The highest BCUT2D eigenvalue weighted by Gasteiger charge is 2.12. The molecule has 24 heavy (non-hydrogen) atoms. The molecule has 2 aromatic heterocycles. The molecule has 0 saturated carbocycles. The van der Waals surface area contributed by atoms with Gasteiger partial charge in [0.15, 0.2) is 0 Å². The van der Waals surface area contributed by atoms with Crippen molar-refractivity contribution in [1.82, 2.24) is 15.0 Å². The van der Waals surface area contributed by atoms with E-state index in [1.807, 2.05) is 31.2 Å². The summed E-state index contributed by atoms with van der Waals surface area (Å²) in [5, 5.41) is 3.62. The molecule has 0 bridgehead atoms. The van der Waals surface area contributed by atoms with Crippen molar-refractivity contribution in [3.63, 3.8) is 0 Å². The fraction of sp³-hybridized carbons (Fsp3) is 0.176. The maximum absolute atomic E-state index is 12.3. The number of benzene rings is 1. The number of aryl methyl sites for hydroxylation is 2. The fourth-order valence-corrected chi connectivity index (χ4v) is 2.56. The van der Waals surface area contributed by atoms with Gasteiger partial charge in [0, 0.05) is 22.3 Å². The maximum Gasteiger partial charge on any atom is 0.325 e. The molecule has 122 valence electrons. The van der Waals surface area contributed by atoms with Crippen LogP contribution in [0, 0.1) is 13.8 Å². The van der Waals surface area contributed by atoms with Gasteiger partial charge in [-0.1, -0.05) is 6.07 Å². The molecule has 7 heteroatoms. The first-order valence-electron chi connectivity index (χ1n) is 7.42. The molecule has 0 fully saturated rings. The molecule has 3 N–H and O–H groups in total. The van der Waals surface area contributed by atoms with Crippen molar-refractivity contribution in [2.24, 2.45) is 0 Å². The lowest BCUT2D eigenvalue weighted by molar-refractivity contribution is -0.115. The van der Waals surface area contributed by atoms with E-state index in [1.165, 1.54) is 0 Å². The van der Waals surface area contributed by atoms with Gasteiger partial charge in [-0.15, -0.1) is 0 Å². The molecule has 0 aliphatic carbocycles. The molecule has 0 aliphatic heterocycles. The van der Waals surface area contributed by atoms with Crippen molar-refractivity contribution in [3.05, 3.63) is 68.1 Å². The zero-order chi connectivity index (χ0) is 17.3. The van der Waals surface area contributed by atoms with Gasteiger partial charge in [-0.2, -0.15) is 0 Å². The molecule has 0 unspecified atom stereocenters. The van der Waals surface area contributed by atoms with E-state index >= 15 is 0 Å².